The Morgan fingerprint density at radius 1 is 1.12 bits per heavy atom. The predicted octanol–water partition coefficient (Wildman–Crippen LogP) is 4.20. The first kappa shape index (κ1) is 15.6. The van der Waals surface area contributed by atoms with E-state index in [4.69, 9.17) is 16.0 Å². The molecule has 126 valence electrons. The zero-order valence-corrected chi connectivity index (χ0v) is 13.0. The molecule has 0 unspecified atom stereocenters. The average Bonchev–Trinajstić information content (AvgIpc) is 3.05. The van der Waals surface area contributed by atoms with Crippen LogP contribution >= 0.6 is 11.6 Å². The van der Waals surface area contributed by atoms with Crippen LogP contribution in [0, 0.1) is 0 Å². The molecular formula is C16H7ClF3N3O2. The molecule has 0 spiro atoms. The highest BCUT2D eigenvalue weighted by Gasteiger charge is 2.33. The maximum atomic E-state index is 13.1. The molecule has 0 radical (unpaired) electrons. The number of hydrogen-bond acceptors (Lipinski definition) is 4. The number of halogens is 4. The van der Waals surface area contributed by atoms with E-state index in [0.29, 0.717) is 0 Å². The number of nitrogens with zero attached hydrogens (tertiary/aromatic N) is 3. The molecule has 4 rings (SSSR count). The molecule has 0 N–H and O–H groups in total. The van der Waals surface area contributed by atoms with Gasteiger partial charge in [-0.1, -0.05) is 23.7 Å². The Morgan fingerprint density at radius 2 is 1.88 bits per heavy atom. The molecule has 0 saturated carbocycles. The lowest BCUT2D eigenvalue weighted by Gasteiger charge is -2.13. The van der Waals surface area contributed by atoms with Gasteiger partial charge in [0.1, 0.15) is 5.69 Å². The summed E-state index contributed by atoms with van der Waals surface area (Å²) in [5.41, 5.74) is -1.75. The van der Waals surface area contributed by atoms with Crippen LogP contribution in [0.5, 0.6) is 0 Å². The topological polar surface area (TPSA) is 60.9 Å². The number of pyridine rings is 2. The number of para-hydroxylation sites is 1. The van der Waals surface area contributed by atoms with E-state index in [1.807, 2.05) is 0 Å². The number of benzene rings is 1. The Labute approximate surface area is 142 Å². The molecule has 4 aromatic rings. The summed E-state index contributed by atoms with van der Waals surface area (Å²) in [6, 6.07) is 8.31. The normalized spacial score (nSPS) is 12.2. The summed E-state index contributed by atoms with van der Waals surface area (Å²) in [4.78, 5) is 20.3. The highest BCUT2D eigenvalue weighted by molar-refractivity contribution is 6.32. The molecule has 9 heteroatoms. The zero-order chi connectivity index (χ0) is 17.8. The molecule has 3 heterocycles. The van der Waals surface area contributed by atoms with Gasteiger partial charge in [-0.15, -0.1) is 0 Å². The van der Waals surface area contributed by atoms with E-state index in [2.05, 4.69) is 9.97 Å². The van der Waals surface area contributed by atoms with Crippen molar-refractivity contribution in [3.05, 3.63) is 63.9 Å². The van der Waals surface area contributed by atoms with E-state index in [1.54, 1.807) is 12.1 Å². The molecule has 3 aromatic heterocycles. The summed E-state index contributed by atoms with van der Waals surface area (Å²) in [5.74, 6) is 0. The van der Waals surface area contributed by atoms with E-state index < -0.39 is 17.4 Å². The van der Waals surface area contributed by atoms with E-state index >= 15 is 0 Å². The van der Waals surface area contributed by atoms with Gasteiger partial charge in [-0.05, 0) is 24.3 Å². The zero-order valence-electron chi connectivity index (χ0n) is 12.2. The number of aromatic nitrogens is 3. The van der Waals surface area contributed by atoms with Crippen molar-refractivity contribution in [3.8, 4) is 5.69 Å². The minimum Gasteiger partial charge on any atom is -0.442 e. The highest BCUT2D eigenvalue weighted by atomic mass is 35.5. The minimum absolute atomic E-state index is 0.0195. The molecular weight excluding hydrogens is 359 g/mol. The molecule has 0 atom stereocenters. The van der Waals surface area contributed by atoms with Crippen molar-refractivity contribution < 1.29 is 17.6 Å². The lowest BCUT2D eigenvalue weighted by atomic mass is 10.2. The summed E-state index contributed by atoms with van der Waals surface area (Å²) >= 11 is 6.13. The molecule has 0 bridgehead atoms. The Bertz CT molecular complexity index is 1180. The minimum atomic E-state index is -4.66. The second-order valence-electron chi connectivity index (χ2n) is 5.19. The van der Waals surface area contributed by atoms with Crippen LogP contribution in [0.1, 0.15) is 5.69 Å². The molecule has 0 fully saturated rings. The first-order valence-electron chi connectivity index (χ1n) is 6.99. The molecule has 0 aliphatic rings. The Kier molecular flexibility index (Phi) is 3.33. The first-order chi connectivity index (χ1) is 11.9. The van der Waals surface area contributed by atoms with Gasteiger partial charge in [-0.25, -0.2) is 9.97 Å². The summed E-state index contributed by atoms with van der Waals surface area (Å²) in [6.45, 7) is 0. The van der Waals surface area contributed by atoms with Gasteiger partial charge in [0.25, 0.3) is 5.56 Å². The Morgan fingerprint density at radius 3 is 2.60 bits per heavy atom. The maximum absolute atomic E-state index is 13.1. The third-order valence-corrected chi connectivity index (χ3v) is 4.01. The smallest absolute Gasteiger partial charge is 0.433 e. The number of rotatable bonds is 1. The number of hydrogen-bond donors (Lipinski definition) is 0. The lowest BCUT2D eigenvalue weighted by Crippen LogP contribution is -2.21. The Balaban J connectivity index is 2.23. The fourth-order valence-corrected chi connectivity index (χ4v) is 2.82. The number of fused-ring (bicyclic) bond motifs is 3. The fraction of sp³-hybridized carbons (Fsp3) is 0.0625. The number of oxazole rings is 1. The van der Waals surface area contributed by atoms with E-state index in [-0.39, 0.29) is 32.8 Å². The van der Waals surface area contributed by atoms with Crippen LogP contribution in [0.15, 0.2) is 52.0 Å². The second kappa shape index (κ2) is 5.32. The lowest BCUT2D eigenvalue weighted by molar-refractivity contribution is -0.141. The van der Waals surface area contributed by atoms with Crippen molar-refractivity contribution in [2.24, 2.45) is 0 Å². The maximum Gasteiger partial charge on any atom is 0.433 e. The second-order valence-corrected chi connectivity index (χ2v) is 5.59. The quantitative estimate of drug-likeness (QED) is 0.507. The summed E-state index contributed by atoms with van der Waals surface area (Å²) in [6.07, 6.45) is -3.61. The van der Waals surface area contributed by atoms with Crippen LogP contribution in [0.3, 0.4) is 0 Å². The van der Waals surface area contributed by atoms with Gasteiger partial charge in [-0.2, -0.15) is 13.2 Å². The summed E-state index contributed by atoms with van der Waals surface area (Å²) < 4.78 is 45.4. The van der Waals surface area contributed by atoms with Gasteiger partial charge in [0.15, 0.2) is 23.1 Å². The van der Waals surface area contributed by atoms with Gasteiger partial charge in [0.05, 0.1) is 16.1 Å². The molecule has 0 aliphatic carbocycles. The van der Waals surface area contributed by atoms with Crippen molar-refractivity contribution in [2.75, 3.05) is 0 Å². The van der Waals surface area contributed by atoms with Crippen LogP contribution in [-0.2, 0) is 6.18 Å². The van der Waals surface area contributed by atoms with Gasteiger partial charge < -0.3 is 4.42 Å². The van der Waals surface area contributed by atoms with E-state index in [0.717, 1.165) is 17.0 Å². The third kappa shape index (κ3) is 2.37. The molecule has 0 aliphatic heterocycles. The van der Waals surface area contributed by atoms with Crippen molar-refractivity contribution in [1.82, 2.24) is 14.5 Å². The van der Waals surface area contributed by atoms with Crippen LogP contribution in [0.25, 0.3) is 27.8 Å². The monoisotopic (exact) mass is 365 g/mol. The third-order valence-electron chi connectivity index (χ3n) is 3.69. The molecule has 0 saturated heterocycles. The molecule has 0 amide bonds. The van der Waals surface area contributed by atoms with Gasteiger partial charge >= 0.3 is 6.18 Å². The molecule has 25 heavy (non-hydrogen) atoms. The van der Waals surface area contributed by atoms with Crippen molar-refractivity contribution in [2.45, 2.75) is 6.18 Å². The SMILES string of the molecule is O=c1c2ncoc2c2ccc(C(F)(F)F)nc2n1-c1ccccc1Cl. The van der Waals surface area contributed by atoms with Gasteiger partial charge in [0.2, 0.25) is 0 Å². The standard InChI is InChI=1S/C16H7ClF3N3O2/c17-9-3-1-2-4-10(9)23-14-8(5-6-11(22-14)16(18,19)20)13-12(15(23)24)21-7-25-13/h1-7H. The van der Waals surface area contributed by atoms with Crippen molar-refractivity contribution in [1.29, 1.82) is 0 Å². The predicted molar refractivity (Wildman–Crippen MR) is 84.9 cm³/mol. The van der Waals surface area contributed by atoms with Crippen molar-refractivity contribution in [3.63, 3.8) is 0 Å². The van der Waals surface area contributed by atoms with Crippen LogP contribution < -0.4 is 5.56 Å². The highest BCUT2D eigenvalue weighted by Crippen LogP contribution is 2.32. The number of alkyl halides is 3. The van der Waals surface area contributed by atoms with Gasteiger partial charge in [-0.3, -0.25) is 9.36 Å². The van der Waals surface area contributed by atoms with E-state index in [9.17, 15) is 18.0 Å². The average molecular weight is 366 g/mol. The van der Waals surface area contributed by atoms with Crippen LogP contribution in [0.2, 0.25) is 5.02 Å². The van der Waals surface area contributed by atoms with Crippen LogP contribution in [-0.4, -0.2) is 14.5 Å². The summed E-state index contributed by atoms with van der Waals surface area (Å²) in [5, 5.41) is 0.410. The van der Waals surface area contributed by atoms with Gasteiger partial charge in [0, 0.05) is 0 Å². The van der Waals surface area contributed by atoms with Crippen molar-refractivity contribution >= 4 is 33.7 Å². The molecule has 1 aromatic carbocycles. The first-order valence-corrected chi connectivity index (χ1v) is 7.37. The van der Waals surface area contributed by atoms with E-state index in [1.165, 1.54) is 18.2 Å². The van der Waals surface area contributed by atoms with Crippen LogP contribution in [0.4, 0.5) is 13.2 Å². The molecule has 5 nitrogen and oxygen atoms in total. The summed E-state index contributed by atoms with van der Waals surface area (Å²) in [7, 11) is 0. The fourth-order valence-electron chi connectivity index (χ4n) is 2.60. The Hall–Kier alpha value is -2.87. The largest absolute Gasteiger partial charge is 0.442 e.